The summed E-state index contributed by atoms with van der Waals surface area (Å²) in [5.74, 6) is -0.904. The standard InChI is InChI=1S/C16H22FNO3/c1-21-15(20)12-5-6-13(17)14(9-12)18-10-16(11-19)7-3-2-4-8-16/h5-6,9,18-19H,2-4,7-8,10-11H2,1H3. The molecule has 0 aliphatic heterocycles. The molecule has 116 valence electrons. The van der Waals surface area contributed by atoms with Crippen molar-refractivity contribution in [2.24, 2.45) is 5.41 Å². The highest BCUT2D eigenvalue weighted by Gasteiger charge is 2.31. The lowest BCUT2D eigenvalue weighted by molar-refractivity contribution is 0.0600. The first-order valence-electron chi connectivity index (χ1n) is 7.33. The fraction of sp³-hybridized carbons (Fsp3) is 0.562. The van der Waals surface area contributed by atoms with Gasteiger partial charge in [0.25, 0.3) is 0 Å². The molecule has 0 radical (unpaired) electrons. The van der Waals surface area contributed by atoms with Crippen LogP contribution in [0.4, 0.5) is 10.1 Å². The molecule has 2 N–H and O–H groups in total. The Morgan fingerprint density at radius 1 is 1.38 bits per heavy atom. The second-order valence-electron chi connectivity index (χ2n) is 5.76. The van der Waals surface area contributed by atoms with Gasteiger partial charge in [0, 0.05) is 12.0 Å². The predicted octanol–water partition coefficient (Wildman–Crippen LogP) is 2.97. The van der Waals surface area contributed by atoms with Crippen molar-refractivity contribution in [2.45, 2.75) is 32.1 Å². The summed E-state index contributed by atoms with van der Waals surface area (Å²) in [7, 11) is 1.29. The first-order valence-corrected chi connectivity index (χ1v) is 7.33. The van der Waals surface area contributed by atoms with E-state index < -0.39 is 11.8 Å². The van der Waals surface area contributed by atoms with E-state index in [4.69, 9.17) is 0 Å². The molecule has 0 bridgehead atoms. The summed E-state index contributed by atoms with van der Waals surface area (Å²) >= 11 is 0. The van der Waals surface area contributed by atoms with Crippen LogP contribution in [0.25, 0.3) is 0 Å². The van der Waals surface area contributed by atoms with Crippen LogP contribution in [0.5, 0.6) is 0 Å². The van der Waals surface area contributed by atoms with Crippen molar-refractivity contribution in [3.63, 3.8) is 0 Å². The second kappa shape index (κ2) is 6.89. The van der Waals surface area contributed by atoms with Gasteiger partial charge in [0.05, 0.1) is 25.0 Å². The molecule has 21 heavy (non-hydrogen) atoms. The Balaban J connectivity index is 2.09. The molecule has 1 aromatic rings. The van der Waals surface area contributed by atoms with E-state index in [9.17, 15) is 14.3 Å². The van der Waals surface area contributed by atoms with Gasteiger partial charge in [0.15, 0.2) is 0 Å². The topological polar surface area (TPSA) is 58.6 Å². The van der Waals surface area contributed by atoms with Crippen molar-refractivity contribution in [3.8, 4) is 0 Å². The lowest BCUT2D eigenvalue weighted by Crippen LogP contribution is -2.35. The van der Waals surface area contributed by atoms with Crippen LogP contribution in [0, 0.1) is 11.2 Å². The Kier molecular flexibility index (Phi) is 5.17. The number of hydrogen-bond acceptors (Lipinski definition) is 4. The largest absolute Gasteiger partial charge is 0.465 e. The number of carbonyl (C=O) groups excluding carboxylic acids is 1. The van der Waals surface area contributed by atoms with E-state index in [-0.39, 0.29) is 17.7 Å². The number of aliphatic hydroxyl groups excluding tert-OH is 1. The molecule has 5 heteroatoms. The molecule has 1 fully saturated rings. The molecule has 1 aliphatic carbocycles. The van der Waals surface area contributed by atoms with Gasteiger partial charge in [-0.2, -0.15) is 0 Å². The van der Waals surface area contributed by atoms with Gasteiger partial charge in [-0.1, -0.05) is 19.3 Å². The van der Waals surface area contributed by atoms with Crippen LogP contribution < -0.4 is 5.32 Å². The van der Waals surface area contributed by atoms with Gasteiger partial charge in [-0.05, 0) is 31.0 Å². The highest BCUT2D eigenvalue weighted by Crippen LogP contribution is 2.36. The molecule has 1 aliphatic rings. The molecule has 0 amide bonds. The van der Waals surface area contributed by atoms with Crippen molar-refractivity contribution in [2.75, 3.05) is 25.6 Å². The molecule has 0 spiro atoms. The molecule has 1 aromatic carbocycles. The molecule has 2 rings (SSSR count). The molecule has 1 saturated carbocycles. The van der Waals surface area contributed by atoms with Gasteiger partial charge in [-0.25, -0.2) is 9.18 Å². The predicted molar refractivity (Wildman–Crippen MR) is 78.8 cm³/mol. The van der Waals surface area contributed by atoms with Gasteiger partial charge in [-0.15, -0.1) is 0 Å². The fourth-order valence-electron chi connectivity index (χ4n) is 2.88. The van der Waals surface area contributed by atoms with Gasteiger partial charge in [-0.3, -0.25) is 0 Å². The van der Waals surface area contributed by atoms with Crippen LogP contribution in [0.3, 0.4) is 0 Å². The van der Waals surface area contributed by atoms with Crippen molar-refractivity contribution >= 4 is 11.7 Å². The highest BCUT2D eigenvalue weighted by atomic mass is 19.1. The van der Waals surface area contributed by atoms with Gasteiger partial charge >= 0.3 is 5.97 Å². The molecular weight excluding hydrogens is 273 g/mol. The van der Waals surface area contributed by atoms with Crippen LogP contribution in [0.2, 0.25) is 0 Å². The van der Waals surface area contributed by atoms with E-state index in [2.05, 4.69) is 10.1 Å². The lowest BCUT2D eigenvalue weighted by atomic mass is 9.74. The highest BCUT2D eigenvalue weighted by molar-refractivity contribution is 5.90. The average Bonchev–Trinajstić information content (AvgIpc) is 2.54. The third kappa shape index (κ3) is 3.73. The van der Waals surface area contributed by atoms with Crippen molar-refractivity contribution in [1.29, 1.82) is 0 Å². The Morgan fingerprint density at radius 2 is 2.10 bits per heavy atom. The van der Waals surface area contributed by atoms with Crippen LogP contribution in [0.15, 0.2) is 18.2 Å². The van der Waals surface area contributed by atoms with Crippen LogP contribution in [-0.2, 0) is 4.74 Å². The zero-order valence-electron chi connectivity index (χ0n) is 12.3. The number of rotatable bonds is 5. The van der Waals surface area contributed by atoms with E-state index in [0.29, 0.717) is 12.1 Å². The maximum absolute atomic E-state index is 13.8. The van der Waals surface area contributed by atoms with Crippen molar-refractivity contribution in [3.05, 3.63) is 29.6 Å². The van der Waals surface area contributed by atoms with Gasteiger partial charge in [0.2, 0.25) is 0 Å². The molecule has 0 atom stereocenters. The van der Waals surface area contributed by atoms with Crippen molar-refractivity contribution < 1.29 is 19.0 Å². The third-order valence-corrected chi connectivity index (χ3v) is 4.29. The molecule has 0 unspecified atom stereocenters. The van der Waals surface area contributed by atoms with E-state index in [0.717, 1.165) is 25.7 Å². The summed E-state index contributed by atoms with van der Waals surface area (Å²) in [5, 5.41) is 12.7. The van der Waals surface area contributed by atoms with Crippen LogP contribution in [0.1, 0.15) is 42.5 Å². The summed E-state index contributed by atoms with van der Waals surface area (Å²) in [6.07, 6.45) is 5.25. The number of hydrogen-bond donors (Lipinski definition) is 2. The quantitative estimate of drug-likeness (QED) is 0.820. The summed E-state index contributed by atoms with van der Waals surface area (Å²) < 4.78 is 18.5. The second-order valence-corrected chi connectivity index (χ2v) is 5.76. The zero-order valence-corrected chi connectivity index (χ0v) is 12.3. The lowest BCUT2D eigenvalue weighted by Gasteiger charge is -2.36. The first-order chi connectivity index (χ1) is 10.1. The Hall–Kier alpha value is -1.62. The van der Waals surface area contributed by atoms with Gasteiger partial charge < -0.3 is 15.2 Å². The smallest absolute Gasteiger partial charge is 0.337 e. The maximum Gasteiger partial charge on any atom is 0.337 e. The Labute approximate surface area is 124 Å². The number of anilines is 1. The van der Waals surface area contributed by atoms with Crippen LogP contribution >= 0.6 is 0 Å². The number of methoxy groups -OCH3 is 1. The minimum Gasteiger partial charge on any atom is -0.465 e. The summed E-state index contributed by atoms with van der Waals surface area (Å²) in [5.41, 5.74) is 0.394. The minimum absolute atomic E-state index is 0.0955. The minimum atomic E-state index is -0.493. The molecule has 0 saturated heterocycles. The van der Waals surface area contributed by atoms with Gasteiger partial charge in [0.1, 0.15) is 5.82 Å². The fourth-order valence-corrected chi connectivity index (χ4v) is 2.88. The zero-order chi connectivity index (χ0) is 15.3. The number of benzene rings is 1. The summed E-state index contributed by atoms with van der Waals surface area (Å²) in [6, 6.07) is 4.10. The summed E-state index contributed by atoms with van der Waals surface area (Å²) in [4.78, 5) is 11.5. The molecule has 4 nitrogen and oxygen atoms in total. The monoisotopic (exact) mass is 295 g/mol. The maximum atomic E-state index is 13.8. The average molecular weight is 295 g/mol. The molecule has 0 aromatic heterocycles. The van der Waals surface area contributed by atoms with E-state index in [1.165, 1.54) is 31.7 Å². The number of halogens is 1. The Bertz CT molecular complexity index is 498. The number of esters is 1. The normalized spacial score (nSPS) is 17.3. The van der Waals surface area contributed by atoms with Crippen molar-refractivity contribution in [1.82, 2.24) is 0 Å². The number of nitrogens with one attached hydrogen (secondary N) is 1. The Morgan fingerprint density at radius 3 is 2.71 bits per heavy atom. The third-order valence-electron chi connectivity index (χ3n) is 4.29. The number of aliphatic hydroxyl groups is 1. The molecular formula is C16H22FNO3. The van der Waals surface area contributed by atoms with E-state index >= 15 is 0 Å². The first kappa shape index (κ1) is 15.8. The number of ether oxygens (including phenoxy) is 1. The molecule has 0 heterocycles. The summed E-state index contributed by atoms with van der Waals surface area (Å²) in [6.45, 7) is 0.601. The van der Waals surface area contributed by atoms with E-state index in [1.807, 2.05) is 0 Å². The van der Waals surface area contributed by atoms with E-state index in [1.54, 1.807) is 0 Å². The SMILES string of the molecule is COC(=O)c1ccc(F)c(NCC2(CO)CCCCC2)c1. The number of carbonyl (C=O) groups is 1. The van der Waals surface area contributed by atoms with Crippen LogP contribution in [-0.4, -0.2) is 31.3 Å².